The van der Waals surface area contributed by atoms with E-state index in [1.807, 2.05) is 11.8 Å². The van der Waals surface area contributed by atoms with E-state index in [-0.39, 0.29) is 5.24 Å². The minimum atomic E-state index is 0.102. The van der Waals surface area contributed by atoms with E-state index < -0.39 is 0 Å². The normalized spacial score (nSPS) is 17.6. The van der Waals surface area contributed by atoms with Crippen LogP contribution in [-0.4, -0.2) is 32.6 Å². The van der Waals surface area contributed by atoms with E-state index in [0.717, 1.165) is 42.7 Å². The summed E-state index contributed by atoms with van der Waals surface area (Å²) >= 11 is 2.51. The lowest BCUT2D eigenvalue weighted by molar-refractivity contribution is 0.217. The van der Waals surface area contributed by atoms with Crippen molar-refractivity contribution in [1.29, 1.82) is 0 Å². The molecule has 0 saturated carbocycles. The fraction of sp³-hybridized carbons (Fsp3) is 0.727. The smallest absolute Gasteiger partial charge is 0.289 e. The van der Waals surface area contributed by atoms with Gasteiger partial charge < -0.3 is 4.90 Å². The summed E-state index contributed by atoms with van der Waals surface area (Å²) in [7, 11) is 0. The zero-order valence-corrected chi connectivity index (χ0v) is 11.6. The predicted octanol–water partition coefficient (Wildman–Crippen LogP) is 3.32. The standard InChI is InChI=1S/C11H17N3OS2/c1-9-12-10(13-17-9)16-11(15)14-7-5-3-2-4-6-8-14/h2-8H2,1H3. The first kappa shape index (κ1) is 12.8. The monoisotopic (exact) mass is 271 g/mol. The number of hydrogen-bond acceptors (Lipinski definition) is 5. The summed E-state index contributed by atoms with van der Waals surface area (Å²) in [6.07, 6.45) is 6.03. The number of carbonyl (C=O) groups is 1. The third-order valence-electron chi connectivity index (χ3n) is 2.80. The third kappa shape index (κ3) is 3.96. The maximum Gasteiger partial charge on any atom is 0.289 e. The number of thioether (sulfide) groups is 1. The van der Waals surface area contributed by atoms with E-state index in [9.17, 15) is 4.79 Å². The fourth-order valence-electron chi connectivity index (χ4n) is 1.89. The van der Waals surface area contributed by atoms with Crippen molar-refractivity contribution >= 4 is 28.5 Å². The SMILES string of the molecule is Cc1nc(SC(=O)N2CCCCCCC2)ns1. The van der Waals surface area contributed by atoms with Gasteiger partial charge in [0, 0.05) is 24.9 Å². The molecule has 1 aromatic heterocycles. The quantitative estimate of drug-likeness (QED) is 0.735. The number of hydrogen-bond donors (Lipinski definition) is 0. The number of amides is 1. The van der Waals surface area contributed by atoms with Gasteiger partial charge in [-0.15, -0.1) is 0 Å². The summed E-state index contributed by atoms with van der Waals surface area (Å²) in [4.78, 5) is 18.2. The summed E-state index contributed by atoms with van der Waals surface area (Å²) in [5.74, 6) is 0. The molecule has 2 rings (SSSR count). The molecule has 1 aliphatic rings. The molecule has 6 heteroatoms. The Morgan fingerprint density at radius 3 is 2.47 bits per heavy atom. The van der Waals surface area contributed by atoms with Crippen LogP contribution < -0.4 is 0 Å². The predicted molar refractivity (Wildman–Crippen MR) is 70.6 cm³/mol. The highest BCUT2D eigenvalue weighted by Crippen LogP contribution is 2.21. The van der Waals surface area contributed by atoms with Crippen LogP contribution in [0.2, 0.25) is 0 Å². The molecule has 0 bridgehead atoms. The van der Waals surface area contributed by atoms with Crippen LogP contribution >= 0.6 is 23.3 Å². The third-order valence-corrected chi connectivity index (χ3v) is 4.34. The van der Waals surface area contributed by atoms with Crippen molar-refractivity contribution < 1.29 is 4.79 Å². The van der Waals surface area contributed by atoms with E-state index in [4.69, 9.17) is 0 Å². The molecule has 1 aromatic rings. The fourth-order valence-corrected chi connectivity index (χ4v) is 3.24. The van der Waals surface area contributed by atoms with Crippen LogP contribution in [0.25, 0.3) is 0 Å². The Labute approximate surface area is 110 Å². The molecule has 4 nitrogen and oxygen atoms in total. The molecule has 0 radical (unpaired) electrons. The first-order chi connectivity index (χ1) is 8.25. The molecule has 1 saturated heterocycles. The molecular formula is C11H17N3OS2. The summed E-state index contributed by atoms with van der Waals surface area (Å²) in [6, 6.07) is 0. The lowest BCUT2D eigenvalue weighted by atomic mass is 10.1. The number of aromatic nitrogens is 2. The molecule has 1 fully saturated rings. The first-order valence-corrected chi connectivity index (χ1v) is 7.62. The Hall–Kier alpha value is -0.620. The Kier molecular flexibility index (Phi) is 4.79. The van der Waals surface area contributed by atoms with Crippen molar-refractivity contribution in [3.05, 3.63) is 5.01 Å². The van der Waals surface area contributed by atoms with Crippen LogP contribution in [-0.2, 0) is 0 Å². The maximum atomic E-state index is 12.1. The zero-order valence-electron chi connectivity index (χ0n) is 10.0. The van der Waals surface area contributed by atoms with Gasteiger partial charge in [-0.05, 0) is 31.3 Å². The van der Waals surface area contributed by atoms with E-state index in [1.165, 1.54) is 30.8 Å². The lowest BCUT2D eigenvalue weighted by Crippen LogP contribution is -2.30. The van der Waals surface area contributed by atoms with Crippen LogP contribution in [0.4, 0.5) is 4.79 Å². The van der Waals surface area contributed by atoms with Crippen LogP contribution in [0, 0.1) is 6.92 Å². The Morgan fingerprint density at radius 1 is 1.24 bits per heavy atom. The van der Waals surface area contributed by atoms with Crippen LogP contribution in [0.3, 0.4) is 0 Å². The zero-order chi connectivity index (χ0) is 12.1. The molecule has 0 spiro atoms. The van der Waals surface area contributed by atoms with E-state index in [0.29, 0.717) is 5.16 Å². The summed E-state index contributed by atoms with van der Waals surface area (Å²) in [5, 5.41) is 1.61. The number of rotatable bonds is 1. The minimum Gasteiger partial charge on any atom is -0.333 e. The maximum absolute atomic E-state index is 12.1. The molecule has 94 valence electrons. The largest absolute Gasteiger partial charge is 0.333 e. The second-order valence-electron chi connectivity index (χ2n) is 4.22. The van der Waals surface area contributed by atoms with Gasteiger partial charge >= 0.3 is 0 Å². The van der Waals surface area contributed by atoms with Crippen LogP contribution in [0.15, 0.2) is 5.16 Å². The van der Waals surface area contributed by atoms with Gasteiger partial charge in [-0.25, -0.2) is 4.98 Å². The lowest BCUT2D eigenvalue weighted by Gasteiger charge is -2.23. The molecule has 0 atom stereocenters. The molecule has 2 heterocycles. The number of likely N-dealkylation sites (tertiary alicyclic amines) is 1. The molecule has 17 heavy (non-hydrogen) atoms. The number of nitrogens with zero attached hydrogens (tertiary/aromatic N) is 3. The van der Waals surface area contributed by atoms with Crippen LogP contribution in [0.5, 0.6) is 0 Å². The summed E-state index contributed by atoms with van der Waals surface area (Å²) < 4.78 is 4.14. The van der Waals surface area contributed by atoms with E-state index in [2.05, 4.69) is 9.36 Å². The van der Waals surface area contributed by atoms with Gasteiger partial charge in [0.2, 0.25) is 5.16 Å². The average molecular weight is 271 g/mol. The van der Waals surface area contributed by atoms with Crippen molar-refractivity contribution in [2.45, 2.75) is 44.2 Å². The molecule has 0 N–H and O–H groups in total. The molecule has 1 aliphatic heterocycles. The van der Waals surface area contributed by atoms with Crippen molar-refractivity contribution in [3.8, 4) is 0 Å². The van der Waals surface area contributed by atoms with Crippen molar-refractivity contribution in [1.82, 2.24) is 14.3 Å². The van der Waals surface area contributed by atoms with E-state index in [1.54, 1.807) is 0 Å². The Bertz CT molecular complexity index is 373. The Morgan fingerprint density at radius 2 is 1.88 bits per heavy atom. The molecule has 0 unspecified atom stereocenters. The number of aryl methyl sites for hydroxylation is 1. The molecule has 0 aromatic carbocycles. The average Bonchev–Trinajstić information content (AvgIpc) is 2.63. The van der Waals surface area contributed by atoms with Gasteiger partial charge in [-0.2, -0.15) is 4.37 Å². The Balaban J connectivity index is 1.89. The number of carbonyl (C=O) groups excluding carboxylic acids is 1. The highest BCUT2D eigenvalue weighted by atomic mass is 32.2. The summed E-state index contributed by atoms with van der Waals surface area (Å²) in [6.45, 7) is 3.67. The van der Waals surface area contributed by atoms with Crippen molar-refractivity contribution in [2.24, 2.45) is 0 Å². The highest BCUT2D eigenvalue weighted by Gasteiger charge is 2.17. The van der Waals surface area contributed by atoms with Gasteiger partial charge in [0.05, 0.1) is 0 Å². The van der Waals surface area contributed by atoms with Gasteiger partial charge in [-0.3, -0.25) is 4.79 Å². The van der Waals surface area contributed by atoms with Crippen LogP contribution in [0.1, 0.15) is 37.1 Å². The minimum absolute atomic E-state index is 0.102. The van der Waals surface area contributed by atoms with Crippen molar-refractivity contribution in [2.75, 3.05) is 13.1 Å². The first-order valence-electron chi connectivity index (χ1n) is 6.03. The topological polar surface area (TPSA) is 46.1 Å². The second-order valence-corrected chi connectivity index (χ2v) is 6.09. The van der Waals surface area contributed by atoms with Gasteiger partial charge in [0.25, 0.3) is 5.24 Å². The van der Waals surface area contributed by atoms with Gasteiger partial charge in [0.1, 0.15) is 5.01 Å². The highest BCUT2D eigenvalue weighted by molar-refractivity contribution is 8.13. The van der Waals surface area contributed by atoms with Gasteiger partial charge in [-0.1, -0.05) is 19.3 Å². The van der Waals surface area contributed by atoms with Gasteiger partial charge in [0.15, 0.2) is 0 Å². The molecular weight excluding hydrogens is 254 g/mol. The van der Waals surface area contributed by atoms with Crippen molar-refractivity contribution in [3.63, 3.8) is 0 Å². The summed E-state index contributed by atoms with van der Waals surface area (Å²) in [5.41, 5.74) is 0. The molecule has 0 aliphatic carbocycles. The van der Waals surface area contributed by atoms with E-state index >= 15 is 0 Å². The molecule has 1 amide bonds. The second kappa shape index (κ2) is 6.35.